The van der Waals surface area contributed by atoms with Crippen molar-refractivity contribution in [3.8, 4) is 0 Å². The molecule has 3 atom stereocenters. The average molecular weight is 1120 g/mol. The summed E-state index contributed by atoms with van der Waals surface area (Å²) in [7, 11) is 1.49. The van der Waals surface area contributed by atoms with E-state index in [0.29, 0.717) is 17.4 Å². The molecule has 0 aliphatic rings. The highest BCUT2D eigenvalue weighted by Gasteiger charge is 2.30. The van der Waals surface area contributed by atoms with Gasteiger partial charge in [-0.1, -0.05) is 307 Å². The number of amides is 1. The lowest BCUT2D eigenvalue weighted by molar-refractivity contribution is -0.870. The number of hydrogen-bond acceptors (Lipinski definition) is 6. The van der Waals surface area contributed by atoms with Crippen LogP contribution in [0, 0.1) is 0 Å². The van der Waals surface area contributed by atoms with Crippen LogP contribution in [0.4, 0.5) is 0 Å². The Morgan fingerprint density at radius 2 is 0.821 bits per heavy atom. The molecule has 0 aliphatic carbocycles. The van der Waals surface area contributed by atoms with Gasteiger partial charge in [0, 0.05) is 12.8 Å². The van der Waals surface area contributed by atoms with Gasteiger partial charge in [-0.05, 0) is 51.0 Å². The minimum absolute atomic E-state index is 0.0378. The van der Waals surface area contributed by atoms with Crippen molar-refractivity contribution in [1.29, 1.82) is 0 Å². The monoisotopic (exact) mass is 1120 g/mol. The Labute approximate surface area is 484 Å². The number of esters is 1. The smallest absolute Gasteiger partial charge is 0.456 e. The number of ether oxygens (including phenoxy) is 1. The van der Waals surface area contributed by atoms with Crippen molar-refractivity contribution in [1.82, 2.24) is 5.32 Å². The number of allylic oxidation sites excluding steroid dienone is 7. The molecule has 0 aromatic heterocycles. The zero-order valence-electron chi connectivity index (χ0n) is 52.4. The molecule has 0 aromatic rings. The van der Waals surface area contributed by atoms with Crippen molar-refractivity contribution >= 4 is 19.7 Å². The van der Waals surface area contributed by atoms with Crippen LogP contribution < -0.4 is 5.32 Å². The fourth-order valence-corrected chi connectivity index (χ4v) is 10.7. The van der Waals surface area contributed by atoms with E-state index >= 15 is 0 Å². The number of carbonyl (C=O) groups excluding carboxylic acids is 2. The summed E-state index contributed by atoms with van der Waals surface area (Å²) in [4.78, 5) is 37.7. The molecule has 10 heteroatoms. The van der Waals surface area contributed by atoms with Crippen LogP contribution in [-0.2, 0) is 27.9 Å². The molecular weight excluding hydrogens is 988 g/mol. The Balaban J connectivity index is 4.97. The van der Waals surface area contributed by atoms with Crippen LogP contribution in [0.1, 0.15) is 323 Å². The Morgan fingerprint density at radius 3 is 1.22 bits per heavy atom. The standard InChI is InChI=1S/C68H129N2O7P/c1-7-10-13-16-19-22-25-28-29-30-31-32-33-34-35-36-37-38-39-40-41-43-45-48-51-54-57-60-67(71)69-65(64-76-78(73,74)75-63-62-70(4,5)6)66(59-56-53-50-47-44-27-24-21-18-15-12-9-3)77-68(72)61-58-55-52-49-46-42-26-23-20-17-14-11-8-2/h11,14,17,20,23,26,56,59,65-66H,7-10,12-13,15-16,18-19,21-22,24-25,27-55,57-58,60-64H2,1-6H3,(H-,69,71,73,74)/p+1/b14-11+,20-17+,26-23-,59-56-. The molecule has 0 heterocycles. The number of hydrogen-bond donors (Lipinski definition) is 2. The molecule has 0 aliphatic heterocycles. The van der Waals surface area contributed by atoms with E-state index in [1.165, 1.54) is 205 Å². The van der Waals surface area contributed by atoms with Gasteiger partial charge in [-0.3, -0.25) is 18.6 Å². The quantitative estimate of drug-likeness (QED) is 0.0156. The largest absolute Gasteiger partial charge is 0.472 e. The molecule has 0 aromatic carbocycles. The van der Waals surface area contributed by atoms with Gasteiger partial charge < -0.3 is 19.4 Å². The molecule has 2 N–H and O–H groups in total. The lowest BCUT2D eigenvalue weighted by Crippen LogP contribution is -2.47. The summed E-state index contributed by atoms with van der Waals surface area (Å²) in [6.07, 6.45) is 72.8. The summed E-state index contributed by atoms with van der Waals surface area (Å²) in [6.45, 7) is 6.90. The summed E-state index contributed by atoms with van der Waals surface area (Å²) in [5, 5.41) is 3.06. The molecular formula is C68H130N2O7P+. The molecule has 3 unspecified atom stereocenters. The highest BCUT2D eigenvalue weighted by molar-refractivity contribution is 7.47. The topological polar surface area (TPSA) is 111 Å². The van der Waals surface area contributed by atoms with Gasteiger partial charge in [0.25, 0.3) is 0 Å². The number of nitrogens with one attached hydrogen (secondary N) is 1. The number of carbonyl (C=O) groups is 2. The van der Waals surface area contributed by atoms with Gasteiger partial charge in [-0.15, -0.1) is 0 Å². The zero-order chi connectivity index (χ0) is 57.2. The van der Waals surface area contributed by atoms with Crippen LogP contribution in [0.5, 0.6) is 0 Å². The molecule has 0 saturated heterocycles. The summed E-state index contributed by atoms with van der Waals surface area (Å²) in [5.74, 6) is -0.517. The number of rotatable bonds is 61. The van der Waals surface area contributed by atoms with Crippen LogP contribution in [0.15, 0.2) is 48.6 Å². The number of nitrogens with zero attached hydrogens (tertiary/aromatic N) is 1. The molecule has 0 spiro atoms. The van der Waals surface area contributed by atoms with E-state index in [4.69, 9.17) is 13.8 Å². The SMILES string of the molecule is CC/C=C/C=C/C=C\CCCCCCCC(=O)OC(/C=C\CCCCCCCCCCCC)C(COP(=O)(O)OCC[N+](C)(C)C)NC(=O)CCCCCCCCCCCCCCCCCCCCCCCCCCCCC. The molecule has 0 bridgehead atoms. The Bertz CT molecular complexity index is 1470. The normalized spacial score (nSPS) is 13.9. The second-order valence-electron chi connectivity index (χ2n) is 24.0. The predicted molar refractivity (Wildman–Crippen MR) is 337 cm³/mol. The van der Waals surface area contributed by atoms with Crippen molar-refractivity contribution in [2.75, 3.05) is 40.9 Å². The number of likely N-dealkylation sites (N-methyl/N-ethyl adjacent to an activating group) is 1. The van der Waals surface area contributed by atoms with E-state index in [1.807, 2.05) is 33.3 Å². The van der Waals surface area contributed by atoms with Gasteiger partial charge >= 0.3 is 13.8 Å². The van der Waals surface area contributed by atoms with Crippen LogP contribution in [0.3, 0.4) is 0 Å². The first kappa shape index (κ1) is 76.0. The number of phosphoric ester groups is 1. The minimum Gasteiger partial charge on any atom is -0.456 e. The Hall–Kier alpha value is -2.03. The van der Waals surface area contributed by atoms with Crippen LogP contribution >= 0.6 is 7.82 Å². The fourth-order valence-electron chi connectivity index (χ4n) is 9.94. The summed E-state index contributed by atoms with van der Waals surface area (Å²) >= 11 is 0. The van der Waals surface area contributed by atoms with Crippen molar-refractivity contribution in [2.24, 2.45) is 0 Å². The lowest BCUT2D eigenvalue weighted by atomic mass is 10.0. The molecule has 0 rings (SSSR count). The maximum atomic E-state index is 13.6. The van der Waals surface area contributed by atoms with Gasteiger partial charge in [-0.2, -0.15) is 0 Å². The van der Waals surface area contributed by atoms with Crippen molar-refractivity contribution in [3.05, 3.63) is 48.6 Å². The van der Waals surface area contributed by atoms with E-state index < -0.39 is 20.0 Å². The maximum absolute atomic E-state index is 13.6. The van der Waals surface area contributed by atoms with Crippen molar-refractivity contribution < 1.29 is 37.3 Å². The average Bonchev–Trinajstić information content (AvgIpc) is 3.40. The fraction of sp³-hybridized carbons (Fsp3) is 0.853. The van der Waals surface area contributed by atoms with E-state index in [0.717, 1.165) is 83.5 Å². The first-order chi connectivity index (χ1) is 37.9. The molecule has 0 fully saturated rings. The molecule has 0 saturated carbocycles. The van der Waals surface area contributed by atoms with Crippen molar-refractivity contribution in [3.63, 3.8) is 0 Å². The summed E-state index contributed by atoms with van der Waals surface area (Å²) in [5.41, 5.74) is 0. The molecule has 1 amide bonds. The first-order valence-corrected chi connectivity index (χ1v) is 35.0. The number of quaternary nitrogens is 1. The molecule has 0 radical (unpaired) electrons. The number of phosphoric acid groups is 1. The van der Waals surface area contributed by atoms with E-state index in [2.05, 4.69) is 62.5 Å². The second kappa shape index (κ2) is 58.2. The van der Waals surface area contributed by atoms with Crippen molar-refractivity contribution in [2.45, 2.75) is 335 Å². The highest BCUT2D eigenvalue weighted by Crippen LogP contribution is 2.43. The molecule has 9 nitrogen and oxygen atoms in total. The third kappa shape index (κ3) is 58.6. The van der Waals surface area contributed by atoms with Crippen LogP contribution in [-0.4, -0.2) is 74.3 Å². The van der Waals surface area contributed by atoms with E-state index in [9.17, 15) is 19.0 Å². The van der Waals surface area contributed by atoms with Gasteiger partial charge in [0.15, 0.2) is 0 Å². The third-order valence-electron chi connectivity index (χ3n) is 15.1. The number of unbranched alkanes of at least 4 members (excludes halogenated alkanes) is 41. The molecule has 78 heavy (non-hydrogen) atoms. The van der Waals surface area contributed by atoms with E-state index in [1.54, 1.807) is 0 Å². The first-order valence-electron chi connectivity index (χ1n) is 33.5. The summed E-state index contributed by atoms with van der Waals surface area (Å²) < 4.78 is 30.7. The van der Waals surface area contributed by atoms with Gasteiger partial charge in [0.05, 0.1) is 33.8 Å². The maximum Gasteiger partial charge on any atom is 0.472 e. The molecule has 458 valence electrons. The van der Waals surface area contributed by atoms with Crippen LogP contribution in [0.25, 0.3) is 0 Å². The minimum atomic E-state index is -4.45. The third-order valence-corrected chi connectivity index (χ3v) is 16.1. The lowest BCUT2D eigenvalue weighted by Gasteiger charge is -2.27. The predicted octanol–water partition coefficient (Wildman–Crippen LogP) is 20.8. The second-order valence-corrected chi connectivity index (χ2v) is 25.5. The zero-order valence-corrected chi connectivity index (χ0v) is 53.3. The Kier molecular flexibility index (Phi) is 56.7. The Morgan fingerprint density at radius 1 is 0.462 bits per heavy atom. The van der Waals surface area contributed by atoms with Gasteiger partial charge in [0.1, 0.15) is 19.3 Å². The van der Waals surface area contributed by atoms with Gasteiger partial charge in [0.2, 0.25) is 5.91 Å². The van der Waals surface area contributed by atoms with E-state index in [-0.39, 0.29) is 31.5 Å². The summed E-state index contributed by atoms with van der Waals surface area (Å²) in [6, 6.07) is -0.854. The van der Waals surface area contributed by atoms with Crippen LogP contribution in [0.2, 0.25) is 0 Å². The van der Waals surface area contributed by atoms with Gasteiger partial charge in [-0.25, -0.2) is 4.57 Å². The highest BCUT2D eigenvalue weighted by atomic mass is 31.2.